The lowest BCUT2D eigenvalue weighted by Crippen LogP contribution is -2.34. The van der Waals surface area contributed by atoms with Crippen LogP contribution >= 0.6 is 23.1 Å². The van der Waals surface area contributed by atoms with Crippen LogP contribution in [0.15, 0.2) is 35.5 Å². The summed E-state index contributed by atoms with van der Waals surface area (Å²) in [6, 6.07) is 10.6. The first-order chi connectivity index (χ1) is 13.1. The van der Waals surface area contributed by atoms with Gasteiger partial charge in [-0.3, -0.25) is 0 Å². The lowest BCUT2D eigenvalue weighted by Gasteiger charge is -2.33. The molecule has 1 aliphatic rings. The van der Waals surface area contributed by atoms with Crippen molar-refractivity contribution in [1.82, 2.24) is 9.97 Å². The number of ether oxygens (including phenoxy) is 1. The standard InChI is InChI=1S/C21H25N3OS2/c1-4-21(2)12-15-16(13-25-21)27-19-17(15)18(23-20(24-19)26-3)22-11-10-14-8-6-5-7-9-14/h5-9H,4,10-13H2,1-3H3,(H,22,23,24). The van der Waals surface area contributed by atoms with Crippen molar-refractivity contribution in [1.29, 1.82) is 0 Å². The van der Waals surface area contributed by atoms with Gasteiger partial charge in [0.2, 0.25) is 0 Å². The molecule has 0 saturated heterocycles. The maximum absolute atomic E-state index is 6.14. The van der Waals surface area contributed by atoms with Gasteiger partial charge in [-0.15, -0.1) is 11.3 Å². The lowest BCUT2D eigenvalue weighted by molar-refractivity contribution is -0.0542. The fraction of sp³-hybridized carbons (Fsp3) is 0.429. The van der Waals surface area contributed by atoms with Gasteiger partial charge in [0.15, 0.2) is 5.16 Å². The minimum Gasteiger partial charge on any atom is -0.369 e. The number of hydrogen-bond acceptors (Lipinski definition) is 6. The van der Waals surface area contributed by atoms with Crippen molar-refractivity contribution in [3.05, 3.63) is 46.3 Å². The fourth-order valence-electron chi connectivity index (χ4n) is 3.47. The van der Waals surface area contributed by atoms with Crippen molar-refractivity contribution in [2.75, 3.05) is 18.1 Å². The molecule has 0 fully saturated rings. The highest BCUT2D eigenvalue weighted by atomic mass is 32.2. The first kappa shape index (κ1) is 18.7. The number of benzene rings is 1. The molecule has 3 heterocycles. The summed E-state index contributed by atoms with van der Waals surface area (Å²) in [5, 5.41) is 5.61. The number of thioether (sulfide) groups is 1. The third-order valence-electron chi connectivity index (χ3n) is 5.30. The molecule has 1 unspecified atom stereocenters. The molecule has 2 aromatic heterocycles. The van der Waals surface area contributed by atoms with Gasteiger partial charge in [0.25, 0.3) is 0 Å². The zero-order valence-corrected chi connectivity index (χ0v) is 17.7. The second-order valence-electron chi connectivity index (χ2n) is 7.17. The second kappa shape index (κ2) is 7.78. The smallest absolute Gasteiger partial charge is 0.190 e. The van der Waals surface area contributed by atoms with Crippen LogP contribution in [-0.2, 0) is 24.2 Å². The molecule has 27 heavy (non-hydrogen) atoms. The zero-order chi connectivity index (χ0) is 18.9. The predicted octanol–water partition coefficient (Wildman–Crippen LogP) is 5.31. The van der Waals surface area contributed by atoms with Gasteiger partial charge in [0.1, 0.15) is 10.6 Å². The van der Waals surface area contributed by atoms with E-state index in [9.17, 15) is 0 Å². The van der Waals surface area contributed by atoms with E-state index in [0.717, 1.165) is 41.6 Å². The average molecular weight is 400 g/mol. The van der Waals surface area contributed by atoms with E-state index in [1.807, 2.05) is 6.26 Å². The van der Waals surface area contributed by atoms with E-state index in [1.54, 1.807) is 23.1 Å². The number of nitrogens with zero attached hydrogens (tertiary/aromatic N) is 2. The van der Waals surface area contributed by atoms with Gasteiger partial charge in [-0.1, -0.05) is 49.0 Å². The molecule has 0 bridgehead atoms. The molecule has 0 radical (unpaired) electrons. The number of fused-ring (bicyclic) bond motifs is 3. The first-order valence-electron chi connectivity index (χ1n) is 9.40. The van der Waals surface area contributed by atoms with Crippen molar-refractivity contribution in [2.45, 2.75) is 50.5 Å². The Balaban J connectivity index is 1.67. The molecule has 3 aromatic rings. The minimum absolute atomic E-state index is 0.0967. The highest BCUT2D eigenvalue weighted by molar-refractivity contribution is 7.98. The van der Waals surface area contributed by atoms with Gasteiger partial charge in [0.05, 0.1) is 17.6 Å². The molecule has 0 aliphatic carbocycles. The van der Waals surface area contributed by atoms with Crippen LogP contribution in [0.5, 0.6) is 0 Å². The number of nitrogens with one attached hydrogen (secondary N) is 1. The normalized spacial score (nSPS) is 19.2. The van der Waals surface area contributed by atoms with E-state index in [0.29, 0.717) is 6.61 Å². The summed E-state index contributed by atoms with van der Waals surface area (Å²) in [5.74, 6) is 0.970. The number of aromatic nitrogens is 2. The Kier molecular flexibility index (Phi) is 5.39. The van der Waals surface area contributed by atoms with E-state index in [-0.39, 0.29) is 5.60 Å². The first-order valence-corrected chi connectivity index (χ1v) is 11.4. The summed E-state index contributed by atoms with van der Waals surface area (Å²) >= 11 is 3.35. The Bertz CT molecular complexity index is 941. The van der Waals surface area contributed by atoms with Crippen molar-refractivity contribution in [2.24, 2.45) is 0 Å². The molecule has 142 valence electrons. The Hall–Kier alpha value is -1.63. The minimum atomic E-state index is -0.0967. The topological polar surface area (TPSA) is 47.0 Å². The van der Waals surface area contributed by atoms with E-state index in [4.69, 9.17) is 14.7 Å². The number of hydrogen-bond donors (Lipinski definition) is 1. The molecular formula is C21H25N3OS2. The van der Waals surface area contributed by atoms with E-state index in [1.165, 1.54) is 21.4 Å². The maximum Gasteiger partial charge on any atom is 0.190 e. The third-order valence-corrected chi connectivity index (χ3v) is 6.94. The molecule has 0 saturated carbocycles. The highest BCUT2D eigenvalue weighted by Crippen LogP contribution is 2.42. The van der Waals surface area contributed by atoms with Crippen molar-refractivity contribution >= 4 is 39.1 Å². The SMILES string of the molecule is CCC1(C)Cc2c(sc3nc(SC)nc(NCCc4ccccc4)c23)CO1. The van der Waals surface area contributed by atoms with E-state index >= 15 is 0 Å². The van der Waals surface area contributed by atoms with E-state index in [2.05, 4.69) is 49.5 Å². The molecule has 1 atom stereocenters. The Morgan fingerprint density at radius 2 is 2.07 bits per heavy atom. The highest BCUT2D eigenvalue weighted by Gasteiger charge is 2.33. The summed E-state index contributed by atoms with van der Waals surface area (Å²) in [6.45, 7) is 5.94. The van der Waals surface area contributed by atoms with Crippen molar-refractivity contribution in [3.8, 4) is 0 Å². The third kappa shape index (κ3) is 3.84. The molecule has 0 spiro atoms. The van der Waals surface area contributed by atoms with Gasteiger partial charge >= 0.3 is 0 Å². The largest absolute Gasteiger partial charge is 0.369 e. The monoisotopic (exact) mass is 399 g/mol. The Morgan fingerprint density at radius 3 is 2.81 bits per heavy atom. The lowest BCUT2D eigenvalue weighted by atomic mass is 9.90. The summed E-state index contributed by atoms with van der Waals surface area (Å²) in [5.41, 5.74) is 2.61. The Morgan fingerprint density at radius 1 is 1.26 bits per heavy atom. The molecule has 1 aromatic carbocycles. The molecule has 4 nitrogen and oxygen atoms in total. The van der Waals surface area contributed by atoms with Crippen LogP contribution in [0.1, 0.15) is 36.3 Å². The molecular weight excluding hydrogens is 374 g/mol. The molecule has 1 N–H and O–H groups in total. The van der Waals surface area contributed by atoms with Gasteiger partial charge in [-0.05, 0) is 37.1 Å². The summed E-state index contributed by atoms with van der Waals surface area (Å²) < 4.78 is 6.14. The number of rotatable bonds is 6. The quantitative estimate of drug-likeness (QED) is 0.450. The van der Waals surface area contributed by atoms with Crippen LogP contribution in [-0.4, -0.2) is 28.4 Å². The van der Waals surface area contributed by atoms with Crippen LogP contribution in [0.25, 0.3) is 10.2 Å². The van der Waals surface area contributed by atoms with Crippen LogP contribution in [0.4, 0.5) is 5.82 Å². The average Bonchev–Trinajstić information content (AvgIpc) is 3.06. The van der Waals surface area contributed by atoms with Gasteiger partial charge in [0, 0.05) is 17.8 Å². The maximum atomic E-state index is 6.14. The fourth-order valence-corrected chi connectivity index (χ4v) is 4.99. The van der Waals surface area contributed by atoms with Gasteiger partial charge in [-0.25, -0.2) is 9.97 Å². The van der Waals surface area contributed by atoms with Crippen LogP contribution < -0.4 is 5.32 Å². The molecule has 6 heteroatoms. The van der Waals surface area contributed by atoms with Gasteiger partial charge < -0.3 is 10.1 Å². The van der Waals surface area contributed by atoms with Crippen molar-refractivity contribution in [3.63, 3.8) is 0 Å². The zero-order valence-electron chi connectivity index (χ0n) is 16.0. The summed E-state index contributed by atoms with van der Waals surface area (Å²) in [7, 11) is 0. The van der Waals surface area contributed by atoms with Crippen molar-refractivity contribution < 1.29 is 4.74 Å². The predicted molar refractivity (Wildman–Crippen MR) is 115 cm³/mol. The van der Waals surface area contributed by atoms with Crippen LogP contribution in [0.2, 0.25) is 0 Å². The van der Waals surface area contributed by atoms with Crippen LogP contribution in [0, 0.1) is 0 Å². The number of thiophene rings is 1. The molecule has 1 aliphatic heterocycles. The Labute approximate surface area is 168 Å². The number of anilines is 1. The molecule has 0 amide bonds. The van der Waals surface area contributed by atoms with E-state index < -0.39 is 0 Å². The molecule has 4 rings (SSSR count). The summed E-state index contributed by atoms with van der Waals surface area (Å²) in [4.78, 5) is 12.0. The van der Waals surface area contributed by atoms with Gasteiger partial charge in [-0.2, -0.15) is 0 Å². The van der Waals surface area contributed by atoms with Crippen LogP contribution in [0.3, 0.4) is 0 Å². The summed E-state index contributed by atoms with van der Waals surface area (Å²) in [6.07, 6.45) is 4.93. The second-order valence-corrected chi connectivity index (χ2v) is 9.03.